The van der Waals surface area contributed by atoms with Crippen LogP contribution in [0.4, 0.5) is 10.5 Å². The smallest absolute Gasteiger partial charge is 0.408 e. The molecule has 3 amide bonds. The number of ether oxygens (including phenoxy) is 1. The number of fused-ring (bicyclic) bond motifs is 1. The molecular weight excluding hydrogens is 502 g/mol. The minimum absolute atomic E-state index is 0.0868. The third kappa shape index (κ3) is 7.62. The molecule has 0 aliphatic heterocycles. The Bertz CT molecular complexity index is 1360. The number of aryl methyl sites for hydroxylation is 1. The van der Waals surface area contributed by atoms with Crippen LogP contribution in [-0.4, -0.2) is 40.5 Å². The Balaban J connectivity index is 1.68. The van der Waals surface area contributed by atoms with Crippen LogP contribution in [0.25, 0.3) is 10.8 Å². The summed E-state index contributed by atoms with van der Waals surface area (Å²) in [5.74, 6) is -0.435. The number of nitrogens with one attached hydrogen (secondary N) is 2. The largest absolute Gasteiger partial charge is 0.444 e. The Morgan fingerprint density at radius 2 is 1.60 bits per heavy atom. The van der Waals surface area contributed by atoms with Crippen LogP contribution in [0.5, 0.6) is 0 Å². The summed E-state index contributed by atoms with van der Waals surface area (Å²) >= 11 is 0. The predicted molar refractivity (Wildman–Crippen MR) is 159 cm³/mol. The summed E-state index contributed by atoms with van der Waals surface area (Å²) in [5, 5.41) is 7.97. The van der Waals surface area contributed by atoms with E-state index in [2.05, 4.69) is 10.6 Å². The average Bonchev–Trinajstić information content (AvgIpc) is 3.71. The molecule has 0 saturated heterocycles. The second-order valence-corrected chi connectivity index (χ2v) is 12.2. The summed E-state index contributed by atoms with van der Waals surface area (Å²) < 4.78 is 5.48. The van der Waals surface area contributed by atoms with Crippen LogP contribution < -0.4 is 10.6 Å². The van der Waals surface area contributed by atoms with Gasteiger partial charge in [-0.05, 0) is 81.3 Å². The van der Waals surface area contributed by atoms with Gasteiger partial charge in [0.05, 0.1) is 0 Å². The third-order valence-corrected chi connectivity index (χ3v) is 6.83. The lowest BCUT2D eigenvalue weighted by molar-refractivity contribution is -0.141. The van der Waals surface area contributed by atoms with E-state index < -0.39 is 23.8 Å². The molecule has 212 valence electrons. The number of carbonyl (C=O) groups excluding carboxylic acids is 3. The van der Waals surface area contributed by atoms with E-state index in [1.807, 2.05) is 87.5 Å². The van der Waals surface area contributed by atoms with E-state index in [0.717, 1.165) is 34.7 Å². The number of rotatable bonds is 9. The molecular formula is C33H41N3O4. The summed E-state index contributed by atoms with van der Waals surface area (Å²) in [6, 6.07) is 19.7. The van der Waals surface area contributed by atoms with Gasteiger partial charge in [0, 0.05) is 11.7 Å². The van der Waals surface area contributed by atoms with Crippen molar-refractivity contribution >= 4 is 34.4 Å². The Hall–Kier alpha value is -3.87. The number of hydrogen-bond donors (Lipinski definition) is 2. The molecule has 1 fully saturated rings. The first kappa shape index (κ1) is 29.1. The van der Waals surface area contributed by atoms with Crippen molar-refractivity contribution in [3.05, 3.63) is 77.9 Å². The van der Waals surface area contributed by atoms with E-state index in [4.69, 9.17) is 4.74 Å². The van der Waals surface area contributed by atoms with Crippen molar-refractivity contribution in [3.8, 4) is 0 Å². The monoisotopic (exact) mass is 543 g/mol. The van der Waals surface area contributed by atoms with E-state index in [1.165, 1.54) is 0 Å². The summed E-state index contributed by atoms with van der Waals surface area (Å²) in [5.41, 5.74) is 1.75. The quantitative estimate of drug-likeness (QED) is 0.312. The minimum atomic E-state index is -0.859. The van der Waals surface area contributed by atoms with Gasteiger partial charge in [-0.3, -0.25) is 9.59 Å². The van der Waals surface area contributed by atoms with E-state index in [-0.39, 0.29) is 23.8 Å². The van der Waals surface area contributed by atoms with Crippen molar-refractivity contribution in [2.45, 2.75) is 84.5 Å². The molecule has 0 heterocycles. The summed E-state index contributed by atoms with van der Waals surface area (Å²) in [7, 11) is 0. The van der Waals surface area contributed by atoms with Gasteiger partial charge in [0.2, 0.25) is 5.91 Å². The van der Waals surface area contributed by atoms with Gasteiger partial charge in [0.1, 0.15) is 17.7 Å². The van der Waals surface area contributed by atoms with E-state index >= 15 is 0 Å². The molecule has 1 aliphatic rings. The highest BCUT2D eigenvalue weighted by molar-refractivity contribution is 6.00. The first-order valence-electron chi connectivity index (χ1n) is 14.1. The number of nitrogens with zero attached hydrogens (tertiary/aromatic N) is 1. The molecule has 0 bridgehead atoms. The average molecular weight is 544 g/mol. The van der Waals surface area contributed by atoms with Crippen LogP contribution in [0.15, 0.2) is 66.7 Å². The fourth-order valence-electron chi connectivity index (χ4n) is 4.86. The lowest BCUT2D eigenvalue weighted by Gasteiger charge is -2.35. The van der Waals surface area contributed by atoms with Crippen molar-refractivity contribution in [3.63, 3.8) is 0 Å². The molecule has 40 heavy (non-hydrogen) atoms. The lowest BCUT2D eigenvalue weighted by Crippen LogP contribution is -2.53. The van der Waals surface area contributed by atoms with Gasteiger partial charge in [-0.25, -0.2) is 4.79 Å². The normalized spacial score (nSPS) is 14.9. The lowest BCUT2D eigenvalue weighted by atomic mass is 9.98. The van der Waals surface area contributed by atoms with Gasteiger partial charge in [0.15, 0.2) is 0 Å². The third-order valence-electron chi connectivity index (χ3n) is 6.83. The molecule has 0 spiro atoms. The van der Waals surface area contributed by atoms with Crippen LogP contribution in [0, 0.1) is 12.8 Å². The van der Waals surface area contributed by atoms with Gasteiger partial charge >= 0.3 is 6.09 Å². The van der Waals surface area contributed by atoms with E-state index in [9.17, 15) is 14.4 Å². The molecule has 1 saturated carbocycles. The minimum Gasteiger partial charge on any atom is -0.444 e. The number of hydrogen-bond acceptors (Lipinski definition) is 4. The molecule has 4 rings (SSSR count). The number of carbonyl (C=O) groups is 3. The standard InChI is InChI=1S/C33H41N3O4/c1-21(2)19-28(35-32(39)40-33(4,5)6)31(38)36(27-17-18-27)29(24-13-11-22(3)12-14-24)30(37)34-26-16-15-23-9-7-8-10-25(23)20-26/h7-16,20-21,27-29H,17-19H2,1-6H3,(H,34,37)(H,35,39). The van der Waals surface area contributed by atoms with Crippen LogP contribution in [-0.2, 0) is 14.3 Å². The van der Waals surface area contributed by atoms with Crippen LogP contribution in [0.3, 0.4) is 0 Å². The van der Waals surface area contributed by atoms with Gasteiger partial charge in [-0.1, -0.05) is 74.0 Å². The maximum atomic E-state index is 14.3. The highest BCUT2D eigenvalue weighted by atomic mass is 16.6. The van der Waals surface area contributed by atoms with E-state index in [0.29, 0.717) is 12.1 Å². The molecule has 0 aromatic heterocycles. The second kappa shape index (κ2) is 12.1. The van der Waals surface area contributed by atoms with Gasteiger partial charge in [-0.2, -0.15) is 0 Å². The van der Waals surface area contributed by atoms with Gasteiger partial charge < -0.3 is 20.3 Å². The Kier molecular flexibility index (Phi) is 8.82. The van der Waals surface area contributed by atoms with Crippen molar-refractivity contribution in [1.82, 2.24) is 10.2 Å². The summed E-state index contributed by atoms with van der Waals surface area (Å²) in [6.07, 6.45) is 1.39. The van der Waals surface area contributed by atoms with Gasteiger partial charge in [0.25, 0.3) is 5.91 Å². The number of alkyl carbamates (subject to hydrolysis) is 1. The molecule has 2 unspecified atom stereocenters. The molecule has 2 N–H and O–H groups in total. The summed E-state index contributed by atoms with van der Waals surface area (Å²) in [4.78, 5) is 42.7. The SMILES string of the molecule is Cc1ccc(C(C(=O)Nc2ccc3ccccc3c2)N(C(=O)C(CC(C)C)NC(=O)OC(C)(C)C)C2CC2)cc1. The Labute approximate surface area is 237 Å². The van der Waals surface area contributed by atoms with Crippen molar-refractivity contribution in [2.75, 3.05) is 5.32 Å². The maximum Gasteiger partial charge on any atom is 0.408 e. The zero-order valence-corrected chi connectivity index (χ0v) is 24.4. The van der Waals surface area contributed by atoms with Gasteiger partial charge in [-0.15, -0.1) is 0 Å². The summed E-state index contributed by atoms with van der Waals surface area (Å²) in [6.45, 7) is 11.3. The molecule has 7 heteroatoms. The topological polar surface area (TPSA) is 87.7 Å². The van der Waals surface area contributed by atoms with Crippen molar-refractivity contribution in [2.24, 2.45) is 5.92 Å². The molecule has 2 atom stereocenters. The van der Waals surface area contributed by atoms with Crippen molar-refractivity contribution in [1.29, 1.82) is 0 Å². The first-order valence-corrected chi connectivity index (χ1v) is 14.1. The fourth-order valence-corrected chi connectivity index (χ4v) is 4.86. The number of anilines is 1. The van der Waals surface area contributed by atoms with Crippen molar-refractivity contribution < 1.29 is 19.1 Å². The molecule has 7 nitrogen and oxygen atoms in total. The van der Waals surface area contributed by atoms with Crippen LogP contribution >= 0.6 is 0 Å². The molecule has 1 aliphatic carbocycles. The highest BCUT2D eigenvalue weighted by Crippen LogP contribution is 2.37. The Morgan fingerprint density at radius 3 is 2.20 bits per heavy atom. The molecule has 0 radical (unpaired) electrons. The molecule has 3 aromatic carbocycles. The first-order chi connectivity index (χ1) is 18.9. The van der Waals surface area contributed by atoms with Crippen LogP contribution in [0.2, 0.25) is 0 Å². The fraction of sp³-hybridized carbons (Fsp3) is 0.424. The maximum absolute atomic E-state index is 14.3. The Morgan fingerprint density at radius 1 is 0.950 bits per heavy atom. The van der Waals surface area contributed by atoms with E-state index in [1.54, 1.807) is 25.7 Å². The van der Waals surface area contributed by atoms with Crippen LogP contribution in [0.1, 0.15) is 71.0 Å². The zero-order chi connectivity index (χ0) is 29.0. The highest BCUT2D eigenvalue weighted by Gasteiger charge is 2.44. The second-order valence-electron chi connectivity index (χ2n) is 12.2. The number of amides is 3. The number of benzene rings is 3. The molecule has 3 aromatic rings. The predicted octanol–water partition coefficient (Wildman–Crippen LogP) is 6.76. The zero-order valence-electron chi connectivity index (χ0n) is 24.4.